The van der Waals surface area contributed by atoms with Gasteiger partial charge in [0.25, 0.3) is 0 Å². The Labute approximate surface area is 366 Å². The number of para-hydroxylation sites is 2. The third-order valence-corrected chi connectivity index (χ3v) is 13.5. The Hall–Kier alpha value is -8.20. The van der Waals surface area contributed by atoms with E-state index in [4.69, 9.17) is 4.42 Å². The first-order valence-corrected chi connectivity index (χ1v) is 21.8. The summed E-state index contributed by atoms with van der Waals surface area (Å²) >= 11 is 0. The first-order valence-electron chi connectivity index (χ1n) is 21.8. The Bertz CT molecular complexity index is 3550. The van der Waals surface area contributed by atoms with Crippen LogP contribution >= 0.6 is 0 Å². The van der Waals surface area contributed by atoms with Crippen molar-refractivity contribution in [3.8, 4) is 55.6 Å². The van der Waals surface area contributed by atoms with Crippen molar-refractivity contribution in [3.05, 3.63) is 259 Å². The Morgan fingerprint density at radius 1 is 0.302 bits per heavy atom. The van der Waals surface area contributed by atoms with Crippen LogP contribution in [0.25, 0.3) is 77.6 Å². The third kappa shape index (κ3) is 5.13. The molecule has 0 radical (unpaired) electrons. The Morgan fingerprint density at radius 2 is 0.778 bits per heavy atom. The molecule has 1 spiro atoms. The molecule has 63 heavy (non-hydrogen) atoms. The monoisotopic (exact) mass is 801 g/mol. The molecular formula is C61H39NO. The minimum absolute atomic E-state index is 0.473. The summed E-state index contributed by atoms with van der Waals surface area (Å²) in [6.45, 7) is 0. The average Bonchev–Trinajstić information content (AvgIpc) is 3.99. The largest absolute Gasteiger partial charge is 0.456 e. The number of benzene rings is 10. The summed E-state index contributed by atoms with van der Waals surface area (Å²) in [6, 6.07) is 86.6. The molecule has 1 aromatic heterocycles. The molecule has 2 aliphatic rings. The van der Waals surface area contributed by atoms with Gasteiger partial charge in [-0.3, -0.25) is 0 Å². The van der Waals surface area contributed by atoms with Crippen LogP contribution in [-0.2, 0) is 5.41 Å². The lowest BCUT2D eigenvalue weighted by Gasteiger charge is -2.32. The van der Waals surface area contributed by atoms with E-state index in [0.29, 0.717) is 0 Å². The predicted octanol–water partition coefficient (Wildman–Crippen LogP) is 16.4. The maximum absolute atomic E-state index is 6.44. The smallest absolute Gasteiger partial charge is 0.135 e. The minimum atomic E-state index is -0.473. The molecule has 0 unspecified atom stereocenters. The maximum atomic E-state index is 6.44. The van der Waals surface area contributed by atoms with Gasteiger partial charge in [0.1, 0.15) is 11.2 Å². The zero-order valence-corrected chi connectivity index (χ0v) is 34.4. The number of anilines is 3. The number of furan rings is 1. The van der Waals surface area contributed by atoms with Gasteiger partial charge in [-0.25, -0.2) is 0 Å². The van der Waals surface area contributed by atoms with Crippen LogP contribution in [0.1, 0.15) is 22.3 Å². The molecule has 2 aliphatic carbocycles. The minimum Gasteiger partial charge on any atom is -0.456 e. The van der Waals surface area contributed by atoms with Crippen molar-refractivity contribution >= 4 is 39.0 Å². The molecule has 0 amide bonds. The molecule has 0 saturated carbocycles. The number of nitrogens with zero attached hydrogens (tertiary/aromatic N) is 1. The van der Waals surface area contributed by atoms with E-state index < -0.39 is 5.41 Å². The highest BCUT2D eigenvalue weighted by atomic mass is 16.3. The quantitative estimate of drug-likeness (QED) is 0.167. The van der Waals surface area contributed by atoms with Crippen LogP contribution in [0.2, 0.25) is 0 Å². The summed E-state index contributed by atoms with van der Waals surface area (Å²) < 4.78 is 6.44. The molecule has 0 aliphatic heterocycles. The second-order valence-electron chi connectivity index (χ2n) is 16.7. The highest BCUT2D eigenvalue weighted by Gasteiger charge is 2.52. The van der Waals surface area contributed by atoms with E-state index in [2.05, 4.69) is 235 Å². The fourth-order valence-corrected chi connectivity index (χ4v) is 11.0. The van der Waals surface area contributed by atoms with Crippen molar-refractivity contribution < 1.29 is 4.42 Å². The van der Waals surface area contributed by atoms with Crippen molar-refractivity contribution in [1.29, 1.82) is 0 Å². The summed E-state index contributed by atoms with van der Waals surface area (Å²) in [6.07, 6.45) is 0. The molecule has 2 heteroatoms. The van der Waals surface area contributed by atoms with E-state index >= 15 is 0 Å². The van der Waals surface area contributed by atoms with Gasteiger partial charge in [0, 0.05) is 27.6 Å². The van der Waals surface area contributed by atoms with Crippen LogP contribution in [0.15, 0.2) is 241 Å². The first kappa shape index (κ1) is 35.5. The van der Waals surface area contributed by atoms with Gasteiger partial charge in [-0.15, -0.1) is 0 Å². The van der Waals surface area contributed by atoms with Gasteiger partial charge in [-0.2, -0.15) is 0 Å². The van der Waals surface area contributed by atoms with Crippen molar-refractivity contribution in [2.24, 2.45) is 0 Å². The molecule has 10 aromatic carbocycles. The van der Waals surface area contributed by atoms with Gasteiger partial charge in [0.2, 0.25) is 0 Å². The SMILES string of the molecule is c1ccc(-c2ccccc2-c2ccccc2-c2ccccc2N(c2ccc3oc4ccccc4c3c2)c2cccc3c2-c2ccccc2C32c3ccccc3-c3ccccc32)cc1. The average molecular weight is 802 g/mol. The van der Waals surface area contributed by atoms with Gasteiger partial charge >= 0.3 is 0 Å². The first-order chi connectivity index (χ1) is 31.3. The lowest BCUT2D eigenvalue weighted by molar-refractivity contribution is 0.669. The fraction of sp³-hybridized carbons (Fsp3) is 0.0164. The summed E-state index contributed by atoms with van der Waals surface area (Å²) in [5, 5.41) is 2.19. The molecule has 294 valence electrons. The van der Waals surface area contributed by atoms with Crippen LogP contribution < -0.4 is 4.90 Å². The van der Waals surface area contributed by atoms with E-state index in [1.165, 1.54) is 72.3 Å². The number of hydrogen-bond donors (Lipinski definition) is 0. The van der Waals surface area contributed by atoms with E-state index in [0.717, 1.165) is 44.6 Å². The van der Waals surface area contributed by atoms with E-state index in [1.807, 2.05) is 6.07 Å². The molecule has 0 N–H and O–H groups in total. The lowest BCUT2D eigenvalue weighted by Crippen LogP contribution is -2.26. The zero-order chi connectivity index (χ0) is 41.5. The van der Waals surface area contributed by atoms with E-state index in [1.54, 1.807) is 0 Å². The summed E-state index contributed by atoms with van der Waals surface area (Å²) in [5.74, 6) is 0. The third-order valence-electron chi connectivity index (χ3n) is 13.5. The maximum Gasteiger partial charge on any atom is 0.135 e. The van der Waals surface area contributed by atoms with Crippen LogP contribution in [0.3, 0.4) is 0 Å². The molecule has 2 nitrogen and oxygen atoms in total. The lowest BCUT2D eigenvalue weighted by atomic mass is 9.70. The highest BCUT2D eigenvalue weighted by Crippen LogP contribution is 2.65. The molecule has 13 rings (SSSR count). The van der Waals surface area contributed by atoms with Crippen LogP contribution in [0.5, 0.6) is 0 Å². The zero-order valence-electron chi connectivity index (χ0n) is 34.4. The topological polar surface area (TPSA) is 16.4 Å². The van der Waals surface area contributed by atoms with Crippen molar-refractivity contribution in [1.82, 2.24) is 0 Å². The van der Waals surface area contributed by atoms with Gasteiger partial charge in [-0.1, -0.05) is 200 Å². The van der Waals surface area contributed by atoms with Gasteiger partial charge in [0.05, 0.1) is 16.8 Å². The van der Waals surface area contributed by atoms with E-state index in [9.17, 15) is 0 Å². The molecule has 0 fully saturated rings. The fourth-order valence-electron chi connectivity index (χ4n) is 11.0. The second-order valence-corrected chi connectivity index (χ2v) is 16.7. The standard InChI is InChI=1S/C61H39NO/c1-2-19-40(20-3-1)42-21-4-5-22-43(42)44-23-6-7-24-45(44)48-27-11-16-34-56(48)62(41-37-38-59-51(39-41)49-28-12-17-36-58(49)63-59)57-35-18-33-55-60(57)50-29-10-15-32-54(50)61(55)52-30-13-8-25-46(52)47-26-9-14-31-53(47)61/h1-39H. The predicted molar refractivity (Wildman–Crippen MR) is 261 cm³/mol. The second kappa shape index (κ2) is 13.9. The number of fused-ring (bicyclic) bond motifs is 13. The molecule has 1 heterocycles. The molecule has 0 bridgehead atoms. The highest BCUT2D eigenvalue weighted by molar-refractivity contribution is 6.08. The normalized spacial score (nSPS) is 12.9. The van der Waals surface area contributed by atoms with Gasteiger partial charge in [-0.05, 0) is 103 Å². The summed E-state index contributed by atoms with van der Waals surface area (Å²) in [4.78, 5) is 2.51. The molecule has 0 saturated heterocycles. The molecule has 11 aromatic rings. The van der Waals surface area contributed by atoms with Crippen molar-refractivity contribution in [2.75, 3.05) is 4.90 Å². The van der Waals surface area contributed by atoms with Crippen molar-refractivity contribution in [2.45, 2.75) is 5.41 Å². The van der Waals surface area contributed by atoms with Crippen LogP contribution in [-0.4, -0.2) is 0 Å². The summed E-state index contributed by atoms with van der Waals surface area (Å²) in [7, 11) is 0. The number of hydrogen-bond acceptors (Lipinski definition) is 2. The Balaban J connectivity index is 1.11. The van der Waals surface area contributed by atoms with Crippen LogP contribution in [0, 0.1) is 0 Å². The Morgan fingerprint density at radius 3 is 1.49 bits per heavy atom. The Kier molecular flexibility index (Phi) is 7.85. The van der Waals surface area contributed by atoms with Gasteiger partial charge < -0.3 is 9.32 Å². The van der Waals surface area contributed by atoms with E-state index in [-0.39, 0.29) is 0 Å². The van der Waals surface area contributed by atoms with Crippen molar-refractivity contribution in [3.63, 3.8) is 0 Å². The molecule has 0 atom stereocenters. The van der Waals surface area contributed by atoms with Gasteiger partial charge in [0.15, 0.2) is 0 Å². The number of rotatable bonds is 6. The molecular weight excluding hydrogens is 763 g/mol. The summed E-state index contributed by atoms with van der Waals surface area (Å²) in [5.41, 5.74) is 22.0. The van der Waals surface area contributed by atoms with Crippen LogP contribution in [0.4, 0.5) is 17.1 Å².